The van der Waals surface area contributed by atoms with E-state index in [1.54, 1.807) is 0 Å². The van der Waals surface area contributed by atoms with Crippen LogP contribution in [-0.2, 0) is 15.1 Å². The third kappa shape index (κ3) is 3.02. The second-order valence-corrected chi connectivity index (χ2v) is 8.72. The molecule has 1 aromatic rings. The monoisotopic (exact) mass is 423 g/mol. The zero-order valence-electron chi connectivity index (χ0n) is 15.7. The number of rotatable bonds is 4. The molecule has 2 aliphatic heterocycles. The maximum Gasteiger partial charge on any atom is 0.343 e. The van der Waals surface area contributed by atoms with Crippen molar-refractivity contribution in [3.63, 3.8) is 0 Å². The fourth-order valence-electron chi connectivity index (χ4n) is 5.64. The van der Waals surface area contributed by atoms with Gasteiger partial charge < -0.3 is 31.3 Å². The SMILES string of the molecule is C[N+]1(C)C2CCC1[C@@H](OC(=O)[C@](O)(c1ccccc1)C1CCCC1)C2.[Br-]. The van der Waals surface area contributed by atoms with Gasteiger partial charge in [-0.3, -0.25) is 0 Å². The molecule has 5 heteroatoms. The number of likely N-dealkylation sites (N-methyl/N-ethyl adjacent to an activating group) is 1. The summed E-state index contributed by atoms with van der Waals surface area (Å²) in [5.41, 5.74) is -0.819. The second-order valence-electron chi connectivity index (χ2n) is 8.72. The molecule has 4 atom stereocenters. The first-order valence-electron chi connectivity index (χ1n) is 9.76. The summed E-state index contributed by atoms with van der Waals surface area (Å²) in [6.45, 7) is 0. The minimum Gasteiger partial charge on any atom is -1.00 e. The van der Waals surface area contributed by atoms with Gasteiger partial charge in [-0.05, 0) is 18.4 Å². The van der Waals surface area contributed by atoms with Gasteiger partial charge in [0.1, 0.15) is 6.04 Å². The number of halogens is 1. The van der Waals surface area contributed by atoms with Gasteiger partial charge in [-0.25, -0.2) is 4.79 Å². The highest BCUT2D eigenvalue weighted by molar-refractivity contribution is 5.82. The first kappa shape index (κ1) is 19.8. The Morgan fingerprint density at radius 1 is 1.12 bits per heavy atom. The molecule has 2 bridgehead atoms. The van der Waals surface area contributed by atoms with E-state index in [0.717, 1.165) is 43.0 Å². The number of aliphatic hydroxyl groups is 1. The highest BCUT2D eigenvalue weighted by Gasteiger charge is 2.58. The predicted octanol–water partition coefficient (Wildman–Crippen LogP) is -0.00870. The number of ether oxygens (including phenoxy) is 1. The third-order valence-corrected chi connectivity index (χ3v) is 7.25. The molecule has 4 rings (SSSR count). The van der Waals surface area contributed by atoms with Gasteiger partial charge in [-0.1, -0.05) is 43.2 Å². The Bertz CT molecular complexity index is 644. The van der Waals surface area contributed by atoms with Crippen LogP contribution in [-0.4, -0.2) is 47.8 Å². The molecule has 1 saturated carbocycles. The lowest BCUT2D eigenvalue weighted by atomic mass is 9.80. The van der Waals surface area contributed by atoms with Crippen LogP contribution in [0.25, 0.3) is 0 Å². The summed E-state index contributed by atoms with van der Waals surface area (Å²) in [4.78, 5) is 13.2. The minimum atomic E-state index is -1.50. The van der Waals surface area contributed by atoms with Crippen molar-refractivity contribution in [2.75, 3.05) is 14.1 Å². The largest absolute Gasteiger partial charge is 1.00 e. The Morgan fingerprint density at radius 3 is 2.31 bits per heavy atom. The molecular formula is C21H30BrNO3. The first-order chi connectivity index (χ1) is 11.9. The van der Waals surface area contributed by atoms with Crippen molar-refractivity contribution in [3.05, 3.63) is 35.9 Å². The first-order valence-corrected chi connectivity index (χ1v) is 9.76. The van der Waals surface area contributed by atoms with E-state index in [9.17, 15) is 9.90 Å². The molecule has 4 nitrogen and oxygen atoms in total. The molecule has 3 aliphatic rings. The van der Waals surface area contributed by atoms with Gasteiger partial charge in [0.15, 0.2) is 11.7 Å². The highest BCUT2D eigenvalue weighted by atomic mass is 79.9. The van der Waals surface area contributed by atoms with Crippen LogP contribution in [0.4, 0.5) is 0 Å². The zero-order valence-corrected chi connectivity index (χ0v) is 17.3. The number of hydrogen-bond donors (Lipinski definition) is 1. The van der Waals surface area contributed by atoms with E-state index in [2.05, 4.69) is 14.1 Å². The summed E-state index contributed by atoms with van der Waals surface area (Å²) >= 11 is 0. The maximum absolute atomic E-state index is 13.2. The van der Waals surface area contributed by atoms with Crippen LogP contribution in [0.15, 0.2) is 30.3 Å². The van der Waals surface area contributed by atoms with Gasteiger partial charge >= 0.3 is 5.97 Å². The molecule has 0 spiro atoms. The highest BCUT2D eigenvalue weighted by Crippen LogP contribution is 2.46. The standard InChI is InChI=1S/C21H30NO3.BrH/c1-22(2)17-12-13-18(22)19(14-17)25-20(23)21(24,16-10-6-7-11-16)15-8-4-3-5-9-15;/h3-5,8-9,16-19,24H,6-7,10-14H2,1-2H3;1H/q+1;/p-1/t17?,18?,19-,21-;/m0./s1. The molecule has 0 radical (unpaired) electrons. The number of quaternary nitrogens is 1. The van der Waals surface area contributed by atoms with Crippen LogP contribution < -0.4 is 17.0 Å². The van der Waals surface area contributed by atoms with Gasteiger partial charge in [0, 0.05) is 25.2 Å². The Balaban J connectivity index is 0.00000196. The molecule has 3 fully saturated rings. The van der Waals surface area contributed by atoms with Gasteiger partial charge in [-0.15, -0.1) is 0 Å². The van der Waals surface area contributed by atoms with Gasteiger partial charge in [0.2, 0.25) is 0 Å². The fourth-order valence-corrected chi connectivity index (χ4v) is 5.64. The number of esters is 1. The Hall–Kier alpha value is -0.910. The predicted molar refractivity (Wildman–Crippen MR) is 95.7 cm³/mol. The van der Waals surface area contributed by atoms with E-state index in [4.69, 9.17) is 4.74 Å². The summed E-state index contributed by atoms with van der Waals surface area (Å²) in [6, 6.07) is 10.4. The molecule has 1 aromatic carbocycles. The molecule has 0 aromatic heterocycles. The summed E-state index contributed by atoms with van der Waals surface area (Å²) in [5, 5.41) is 11.5. The van der Waals surface area contributed by atoms with Crippen LogP contribution in [0.5, 0.6) is 0 Å². The summed E-state index contributed by atoms with van der Waals surface area (Å²) in [5.74, 6) is -0.466. The zero-order chi connectivity index (χ0) is 17.7. The molecule has 0 amide bonds. The number of benzene rings is 1. The topological polar surface area (TPSA) is 46.5 Å². The molecule has 26 heavy (non-hydrogen) atoms. The summed E-state index contributed by atoms with van der Waals surface area (Å²) in [7, 11) is 4.49. The summed E-state index contributed by atoms with van der Waals surface area (Å²) < 4.78 is 6.96. The smallest absolute Gasteiger partial charge is 0.343 e. The molecule has 2 unspecified atom stereocenters. The normalized spacial score (nSPS) is 32.0. The number of fused-ring (bicyclic) bond motifs is 2. The Labute approximate surface area is 166 Å². The molecule has 2 saturated heterocycles. The van der Waals surface area contributed by atoms with Crippen LogP contribution in [0.2, 0.25) is 0 Å². The molecule has 1 aliphatic carbocycles. The fraction of sp³-hybridized carbons (Fsp3) is 0.667. The van der Waals surface area contributed by atoms with E-state index < -0.39 is 11.6 Å². The molecule has 1 N–H and O–H groups in total. The van der Waals surface area contributed by atoms with Gasteiger partial charge in [0.25, 0.3) is 0 Å². The van der Waals surface area contributed by atoms with Gasteiger partial charge in [-0.2, -0.15) is 0 Å². The van der Waals surface area contributed by atoms with E-state index in [-0.39, 0.29) is 29.0 Å². The second kappa shape index (κ2) is 7.25. The average Bonchev–Trinajstić information content (AvgIpc) is 3.30. The van der Waals surface area contributed by atoms with E-state index >= 15 is 0 Å². The number of carbonyl (C=O) groups excluding carboxylic acids is 1. The van der Waals surface area contributed by atoms with Crippen molar-refractivity contribution in [2.45, 2.75) is 68.7 Å². The van der Waals surface area contributed by atoms with Crippen LogP contribution in [0.1, 0.15) is 50.5 Å². The minimum absolute atomic E-state index is 0. The number of nitrogens with zero attached hydrogens (tertiary/aromatic N) is 1. The molecule has 144 valence electrons. The van der Waals surface area contributed by atoms with Crippen molar-refractivity contribution >= 4 is 5.97 Å². The van der Waals surface area contributed by atoms with Crippen LogP contribution >= 0.6 is 0 Å². The van der Waals surface area contributed by atoms with Gasteiger partial charge in [0.05, 0.1) is 20.1 Å². The van der Waals surface area contributed by atoms with Crippen LogP contribution in [0, 0.1) is 5.92 Å². The Kier molecular flexibility index (Phi) is 5.53. The average molecular weight is 424 g/mol. The maximum atomic E-state index is 13.2. The van der Waals surface area contributed by atoms with Crippen LogP contribution in [0.3, 0.4) is 0 Å². The molecular weight excluding hydrogens is 394 g/mol. The van der Waals surface area contributed by atoms with Crippen molar-refractivity contribution in [1.82, 2.24) is 0 Å². The van der Waals surface area contributed by atoms with Crippen molar-refractivity contribution < 1.29 is 36.1 Å². The lowest BCUT2D eigenvalue weighted by molar-refractivity contribution is -0.913. The number of hydrogen-bond acceptors (Lipinski definition) is 3. The van der Waals surface area contributed by atoms with E-state index in [0.29, 0.717) is 17.6 Å². The third-order valence-electron chi connectivity index (χ3n) is 7.25. The number of carbonyl (C=O) groups is 1. The summed E-state index contributed by atoms with van der Waals surface area (Å²) in [6.07, 6.45) is 7.13. The lowest BCUT2D eigenvalue weighted by Gasteiger charge is -2.35. The molecule has 2 heterocycles. The Morgan fingerprint density at radius 2 is 1.77 bits per heavy atom. The van der Waals surface area contributed by atoms with E-state index in [1.165, 1.54) is 6.42 Å². The lowest BCUT2D eigenvalue weighted by Crippen LogP contribution is -3.00. The van der Waals surface area contributed by atoms with Crippen molar-refractivity contribution in [1.29, 1.82) is 0 Å². The quantitative estimate of drug-likeness (QED) is 0.547. The van der Waals surface area contributed by atoms with Crippen molar-refractivity contribution in [3.8, 4) is 0 Å². The van der Waals surface area contributed by atoms with Crippen molar-refractivity contribution in [2.24, 2.45) is 5.92 Å². The van der Waals surface area contributed by atoms with E-state index in [1.807, 2.05) is 30.3 Å².